The molecule has 1 unspecified atom stereocenters. The molecule has 1 heterocycles. The van der Waals surface area contributed by atoms with Crippen LogP contribution in [0.5, 0.6) is 11.5 Å². The highest BCUT2D eigenvalue weighted by molar-refractivity contribution is 5.60. The first-order valence-corrected chi connectivity index (χ1v) is 3.98. The van der Waals surface area contributed by atoms with Gasteiger partial charge < -0.3 is 15.2 Å². The van der Waals surface area contributed by atoms with Gasteiger partial charge in [0.15, 0.2) is 0 Å². The van der Waals surface area contributed by atoms with Crippen molar-refractivity contribution in [2.75, 3.05) is 11.9 Å². The number of aromatic hydroxyl groups is 1. The number of anilines is 1. The highest BCUT2D eigenvalue weighted by Crippen LogP contribution is 2.31. The molecule has 64 valence electrons. The quantitative estimate of drug-likeness (QED) is 0.573. The Kier molecular flexibility index (Phi) is 1.57. The third-order valence-corrected chi connectivity index (χ3v) is 1.86. The molecule has 2 N–H and O–H groups in total. The van der Waals surface area contributed by atoms with Crippen molar-refractivity contribution in [3.05, 3.63) is 18.2 Å². The van der Waals surface area contributed by atoms with E-state index < -0.39 is 0 Å². The van der Waals surface area contributed by atoms with Crippen LogP contribution in [0, 0.1) is 0 Å². The fourth-order valence-electron chi connectivity index (χ4n) is 1.27. The molecule has 1 aliphatic heterocycles. The first kappa shape index (κ1) is 7.28. The summed E-state index contributed by atoms with van der Waals surface area (Å²) in [6.45, 7) is 2.70. The third kappa shape index (κ3) is 1.18. The van der Waals surface area contributed by atoms with Crippen LogP contribution in [0.2, 0.25) is 0 Å². The Morgan fingerprint density at radius 3 is 3.25 bits per heavy atom. The van der Waals surface area contributed by atoms with Gasteiger partial charge in [-0.25, -0.2) is 0 Å². The van der Waals surface area contributed by atoms with E-state index >= 15 is 0 Å². The summed E-state index contributed by atoms with van der Waals surface area (Å²) >= 11 is 0. The van der Waals surface area contributed by atoms with Gasteiger partial charge in [-0.3, -0.25) is 0 Å². The zero-order chi connectivity index (χ0) is 8.55. The molecular formula is C9H11NO2. The van der Waals surface area contributed by atoms with Crippen molar-refractivity contribution in [2.24, 2.45) is 0 Å². The first-order chi connectivity index (χ1) is 5.75. The Labute approximate surface area is 71.0 Å². The molecule has 1 atom stereocenters. The highest BCUT2D eigenvalue weighted by Gasteiger charge is 2.14. The Morgan fingerprint density at radius 2 is 2.42 bits per heavy atom. The van der Waals surface area contributed by atoms with Crippen LogP contribution in [-0.4, -0.2) is 17.8 Å². The number of phenolic OH excluding ortho intramolecular Hbond substituents is 1. The van der Waals surface area contributed by atoms with Gasteiger partial charge in [0.2, 0.25) is 0 Å². The lowest BCUT2D eigenvalue weighted by Gasteiger charge is -2.24. The maximum absolute atomic E-state index is 9.15. The number of rotatable bonds is 0. The minimum absolute atomic E-state index is 0.241. The molecule has 0 spiro atoms. The summed E-state index contributed by atoms with van der Waals surface area (Å²) in [7, 11) is 0. The average Bonchev–Trinajstić information content (AvgIpc) is 2.05. The van der Waals surface area contributed by atoms with Crippen LogP contribution in [0.4, 0.5) is 5.69 Å². The van der Waals surface area contributed by atoms with Crippen molar-refractivity contribution >= 4 is 5.69 Å². The number of ether oxygens (including phenoxy) is 1. The van der Waals surface area contributed by atoms with Gasteiger partial charge in [0.25, 0.3) is 0 Å². The second-order valence-electron chi connectivity index (χ2n) is 3.04. The number of hydrogen-bond acceptors (Lipinski definition) is 3. The summed E-state index contributed by atoms with van der Waals surface area (Å²) in [5.41, 5.74) is 0.951. The lowest BCUT2D eigenvalue weighted by molar-refractivity contribution is 0.290. The van der Waals surface area contributed by atoms with Crippen LogP contribution >= 0.6 is 0 Å². The summed E-state index contributed by atoms with van der Waals surface area (Å²) in [4.78, 5) is 0. The topological polar surface area (TPSA) is 41.5 Å². The van der Waals surface area contributed by atoms with Gasteiger partial charge in [0.05, 0.1) is 11.7 Å². The third-order valence-electron chi connectivity index (χ3n) is 1.86. The summed E-state index contributed by atoms with van der Waals surface area (Å²) in [6, 6.07) is 5.42. The Morgan fingerprint density at radius 1 is 1.58 bits per heavy atom. The van der Waals surface area contributed by atoms with E-state index in [9.17, 15) is 0 Å². The molecule has 12 heavy (non-hydrogen) atoms. The first-order valence-electron chi connectivity index (χ1n) is 3.98. The molecule has 1 aromatic carbocycles. The summed E-state index contributed by atoms with van der Waals surface area (Å²) in [5.74, 6) is 0.971. The van der Waals surface area contributed by atoms with E-state index in [1.54, 1.807) is 12.1 Å². The van der Waals surface area contributed by atoms with Gasteiger partial charge in [-0.05, 0) is 19.1 Å². The predicted molar refractivity (Wildman–Crippen MR) is 46.7 cm³/mol. The monoisotopic (exact) mass is 165 g/mol. The standard InChI is InChI=1S/C9H11NO2/c1-6-5-12-9-4-7(11)2-3-8(9)10-6/h2-4,6,10-11H,5H2,1H3. The van der Waals surface area contributed by atoms with Crippen molar-refractivity contribution < 1.29 is 9.84 Å². The van der Waals surface area contributed by atoms with E-state index in [4.69, 9.17) is 9.84 Å². The fourth-order valence-corrected chi connectivity index (χ4v) is 1.27. The lowest BCUT2D eigenvalue weighted by Crippen LogP contribution is -2.28. The molecule has 0 amide bonds. The zero-order valence-corrected chi connectivity index (χ0v) is 6.87. The number of fused-ring (bicyclic) bond motifs is 1. The predicted octanol–water partition coefficient (Wildman–Crippen LogP) is 1.58. The van der Waals surface area contributed by atoms with Gasteiger partial charge in [0, 0.05) is 6.07 Å². The van der Waals surface area contributed by atoms with Crippen molar-refractivity contribution in [2.45, 2.75) is 13.0 Å². The molecular weight excluding hydrogens is 154 g/mol. The minimum Gasteiger partial charge on any atom is -0.508 e. The summed E-state index contributed by atoms with van der Waals surface area (Å²) < 4.78 is 5.39. The van der Waals surface area contributed by atoms with Gasteiger partial charge in [-0.2, -0.15) is 0 Å². The van der Waals surface area contributed by atoms with Crippen LogP contribution in [0.3, 0.4) is 0 Å². The molecule has 0 fully saturated rings. The number of phenols is 1. The molecule has 0 aliphatic carbocycles. The largest absolute Gasteiger partial charge is 0.508 e. The normalized spacial score (nSPS) is 20.6. The second kappa shape index (κ2) is 2.59. The SMILES string of the molecule is CC1COc2cc(O)ccc2N1. The van der Waals surface area contributed by atoms with E-state index in [1.807, 2.05) is 6.07 Å². The average molecular weight is 165 g/mol. The van der Waals surface area contributed by atoms with Crippen LogP contribution in [0.25, 0.3) is 0 Å². The number of nitrogens with one attached hydrogen (secondary N) is 1. The molecule has 0 radical (unpaired) electrons. The van der Waals surface area contributed by atoms with Gasteiger partial charge >= 0.3 is 0 Å². The maximum atomic E-state index is 9.15. The molecule has 0 bridgehead atoms. The van der Waals surface area contributed by atoms with Crippen molar-refractivity contribution in [3.63, 3.8) is 0 Å². The van der Waals surface area contributed by atoms with Crippen molar-refractivity contribution in [1.82, 2.24) is 0 Å². The fraction of sp³-hybridized carbons (Fsp3) is 0.333. The second-order valence-corrected chi connectivity index (χ2v) is 3.04. The van der Waals surface area contributed by atoms with Crippen LogP contribution in [0.1, 0.15) is 6.92 Å². The van der Waals surface area contributed by atoms with E-state index in [2.05, 4.69) is 12.2 Å². The smallest absolute Gasteiger partial charge is 0.146 e. The number of hydrogen-bond donors (Lipinski definition) is 2. The van der Waals surface area contributed by atoms with Gasteiger partial charge in [-0.15, -0.1) is 0 Å². The number of benzene rings is 1. The summed E-state index contributed by atoms with van der Waals surface area (Å²) in [6.07, 6.45) is 0. The minimum atomic E-state index is 0.241. The Hall–Kier alpha value is -1.38. The zero-order valence-electron chi connectivity index (χ0n) is 6.87. The lowest BCUT2D eigenvalue weighted by atomic mass is 10.2. The molecule has 1 aromatic rings. The van der Waals surface area contributed by atoms with E-state index in [-0.39, 0.29) is 5.75 Å². The molecule has 0 saturated carbocycles. The van der Waals surface area contributed by atoms with Crippen molar-refractivity contribution in [3.8, 4) is 11.5 Å². The molecule has 1 aliphatic rings. The van der Waals surface area contributed by atoms with E-state index in [0.717, 1.165) is 11.4 Å². The molecule has 3 nitrogen and oxygen atoms in total. The van der Waals surface area contributed by atoms with Crippen LogP contribution in [0.15, 0.2) is 18.2 Å². The molecule has 3 heteroatoms. The molecule has 2 rings (SSSR count). The maximum Gasteiger partial charge on any atom is 0.146 e. The highest BCUT2D eigenvalue weighted by atomic mass is 16.5. The van der Waals surface area contributed by atoms with Crippen LogP contribution < -0.4 is 10.1 Å². The van der Waals surface area contributed by atoms with E-state index in [1.165, 1.54) is 0 Å². The Bertz CT molecular complexity index is 299. The Balaban J connectivity index is 2.37. The van der Waals surface area contributed by atoms with Gasteiger partial charge in [0.1, 0.15) is 18.1 Å². The summed E-state index contributed by atoms with van der Waals surface area (Å²) in [5, 5.41) is 12.4. The van der Waals surface area contributed by atoms with E-state index in [0.29, 0.717) is 12.6 Å². The van der Waals surface area contributed by atoms with Crippen LogP contribution in [-0.2, 0) is 0 Å². The molecule has 0 aromatic heterocycles. The van der Waals surface area contributed by atoms with Crippen molar-refractivity contribution in [1.29, 1.82) is 0 Å². The van der Waals surface area contributed by atoms with Gasteiger partial charge in [-0.1, -0.05) is 0 Å². The molecule has 0 saturated heterocycles.